The van der Waals surface area contributed by atoms with Gasteiger partial charge in [0.25, 0.3) is 0 Å². The number of rotatable bonds is 3. The van der Waals surface area contributed by atoms with Crippen LogP contribution in [0, 0.1) is 23.7 Å². The van der Waals surface area contributed by atoms with Gasteiger partial charge in [-0.2, -0.15) is 0 Å². The molecule has 0 aliphatic rings. The third-order valence-corrected chi connectivity index (χ3v) is 3.60. The predicted molar refractivity (Wildman–Crippen MR) is 89.0 cm³/mol. The van der Waals surface area contributed by atoms with Gasteiger partial charge in [-0.05, 0) is 51.4 Å². The molecule has 0 aliphatic heterocycles. The summed E-state index contributed by atoms with van der Waals surface area (Å²) in [6.45, 7) is 21.9. The van der Waals surface area contributed by atoms with E-state index in [1.165, 1.54) is 0 Å². The average molecular weight is 255 g/mol. The Morgan fingerprint density at radius 2 is 0.611 bits per heavy atom. The lowest BCUT2D eigenvalue weighted by molar-refractivity contribution is 0.235. The standard InChI is InChI=1S/C10H22.2C4H8/c1-7(2)9(5)10(6)8(3)4;2*1-3-4-2/h7-10H,1-6H3;2*3-4H,1-2H3/b;2*4-3-. The van der Waals surface area contributed by atoms with Gasteiger partial charge in [-0.3, -0.25) is 0 Å². The first-order valence-corrected chi connectivity index (χ1v) is 7.44. The fraction of sp³-hybridized carbons (Fsp3) is 0.778. The second kappa shape index (κ2) is 16.5. The molecule has 2 unspecified atom stereocenters. The molecule has 0 aromatic heterocycles. The predicted octanol–water partition coefficient (Wildman–Crippen LogP) is 6.74. The first-order chi connectivity index (χ1) is 8.29. The van der Waals surface area contributed by atoms with Gasteiger partial charge in [0, 0.05) is 0 Å². The molecule has 0 nitrogen and oxygen atoms in total. The SMILES string of the molecule is C/C=C\C.C/C=C\C.CC(C)C(C)C(C)C(C)C. The molecule has 0 N–H and O–H groups in total. The van der Waals surface area contributed by atoms with Gasteiger partial charge in [0.05, 0.1) is 0 Å². The summed E-state index contributed by atoms with van der Waals surface area (Å²) in [4.78, 5) is 0. The van der Waals surface area contributed by atoms with Crippen LogP contribution < -0.4 is 0 Å². The van der Waals surface area contributed by atoms with Gasteiger partial charge < -0.3 is 0 Å². The first kappa shape index (κ1) is 22.6. The zero-order valence-electron chi connectivity index (χ0n) is 14.6. The van der Waals surface area contributed by atoms with Crippen molar-refractivity contribution in [2.75, 3.05) is 0 Å². The smallest absolute Gasteiger partial charge is 0.0391 e. The van der Waals surface area contributed by atoms with Gasteiger partial charge in [0.1, 0.15) is 0 Å². The summed E-state index contributed by atoms with van der Waals surface area (Å²) in [5.41, 5.74) is 0. The Labute approximate surface area is 118 Å². The van der Waals surface area contributed by atoms with Gasteiger partial charge in [0.15, 0.2) is 0 Å². The Bertz CT molecular complexity index is 154. The third-order valence-electron chi connectivity index (χ3n) is 3.60. The topological polar surface area (TPSA) is 0 Å². The second-order valence-corrected chi connectivity index (χ2v) is 5.54. The Hall–Kier alpha value is -0.520. The largest absolute Gasteiger partial charge is 0.0919 e. The Morgan fingerprint density at radius 3 is 0.667 bits per heavy atom. The lowest BCUT2D eigenvalue weighted by Crippen LogP contribution is -2.18. The maximum atomic E-state index is 2.36. The van der Waals surface area contributed by atoms with Crippen molar-refractivity contribution in [3.8, 4) is 0 Å². The van der Waals surface area contributed by atoms with Crippen molar-refractivity contribution >= 4 is 0 Å². The van der Waals surface area contributed by atoms with E-state index >= 15 is 0 Å². The average Bonchev–Trinajstić information content (AvgIpc) is 2.37. The minimum Gasteiger partial charge on any atom is -0.0919 e. The molecule has 0 heterocycles. The van der Waals surface area contributed by atoms with E-state index in [2.05, 4.69) is 41.5 Å². The van der Waals surface area contributed by atoms with Crippen molar-refractivity contribution in [3.63, 3.8) is 0 Å². The maximum absolute atomic E-state index is 2.36. The van der Waals surface area contributed by atoms with Gasteiger partial charge in [0.2, 0.25) is 0 Å². The minimum absolute atomic E-state index is 0.831. The molecule has 2 atom stereocenters. The van der Waals surface area contributed by atoms with Crippen molar-refractivity contribution in [1.82, 2.24) is 0 Å². The molecular weight excluding hydrogens is 216 g/mol. The van der Waals surface area contributed by atoms with Gasteiger partial charge in [-0.1, -0.05) is 65.8 Å². The molecule has 0 aromatic rings. The lowest BCUT2D eigenvalue weighted by atomic mass is 9.80. The zero-order valence-corrected chi connectivity index (χ0v) is 14.6. The molecule has 0 aromatic carbocycles. The Balaban J connectivity index is -0.000000233. The summed E-state index contributed by atoms with van der Waals surface area (Å²) >= 11 is 0. The quantitative estimate of drug-likeness (QED) is 0.489. The van der Waals surface area contributed by atoms with Crippen molar-refractivity contribution in [3.05, 3.63) is 24.3 Å². The summed E-state index contributed by atoms with van der Waals surface area (Å²) in [5, 5.41) is 0. The molecule has 0 saturated heterocycles. The van der Waals surface area contributed by atoms with Crippen LogP contribution in [-0.2, 0) is 0 Å². The van der Waals surface area contributed by atoms with Crippen LogP contribution in [0.4, 0.5) is 0 Å². The number of hydrogen-bond donors (Lipinski definition) is 0. The highest BCUT2D eigenvalue weighted by Crippen LogP contribution is 2.25. The fourth-order valence-corrected chi connectivity index (χ4v) is 1.21. The van der Waals surface area contributed by atoms with E-state index in [4.69, 9.17) is 0 Å². The highest BCUT2D eigenvalue weighted by Gasteiger charge is 2.17. The highest BCUT2D eigenvalue weighted by atomic mass is 14.2. The molecule has 110 valence electrons. The first-order valence-electron chi connectivity index (χ1n) is 7.44. The highest BCUT2D eigenvalue weighted by molar-refractivity contribution is 4.69. The van der Waals surface area contributed by atoms with Crippen LogP contribution >= 0.6 is 0 Å². The molecule has 0 bridgehead atoms. The number of hydrogen-bond acceptors (Lipinski definition) is 0. The van der Waals surface area contributed by atoms with Crippen LogP contribution in [0.1, 0.15) is 69.2 Å². The van der Waals surface area contributed by atoms with E-state index < -0.39 is 0 Å². The molecule has 0 rings (SSSR count). The van der Waals surface area contributed by atoms with Crippen LogP contribution in [0.15, 0.2) is 24.3 Å². The monoisotopic (exact) mass is 254 g/mol. The molecule has 0 saturated carbocycles. The van der Waals surface area contributed by atoms with Crippen molar-refractivity contribution in [2.24, 2.45) is 23.7 Å². The lowest BCUT2D eigenvalue weighted by Gasteiger charge is -2.26. The van der Waals surface area contributed by atoms with E-state index in [1.54, 1.807) is 0 Å². The van der Waals surface area contributed by atoms with Crippen LogP contribution in [-0.4, -0.2) is 0 Å². The van der Waals surface area contributed by atoms with Crippen LogP contribution in [0.2, 0.25) is 0 Å². The summed E-state index contributed by atoms with van der Waals surface area (Å²) in [7, 11) is 0. The molecule has 0 radical (unpaired) electrons. The van der Waals surface area contributed by atoms with Gasteiger partial charge in [-0.25, -0.2) is 0 Å². The molecule has 18 heavy (non-hydrogen) atoms. The normalized spacial score (nSPS) is 14.2. The second-order valence-electron chi connectivity index (χ2n) is 5.54. The van der Waals surface area contributed by atoms with Crippen molar-refractivity contribution < 1.29 is 0 Å². The van der Waals surface area contributed by atoms with Crippen LogP contribution in [0.3, 0.4) is 0 Å². The zero-order chi connectivity index (χ0) is 15.1. The molecule has 0 spiro atoms. The van der Waals surface area contributed by atoms with Crippen molar-refractivity contribution in [2.45, 2.75) is 69.2 Å². The fourth-order valence-electron chi connectivity index (χ4n) is 1.21. The van der Waals surface area contributed by atoms with Gasteiger partial charge in [-0.15, -0.1) is 0 Å². The molecule has 0 fully saturated rings. The summed E-state index contributed by atoms with van der Waals surface area (Å²) in [6.07, 6.45) is 8.00. The minimum atomic E-state index is 0.831. The van der Waals surface area contributed by atoms with E-state index in [0.717, 1.165) is 23.7 Å². The maximum Gasteiger partial charge on any atom is -0.0391 e. The molecule has 0 heteroatoms. The van der Waals surface area contributed by atoms with E-state index in [0.29, 0.717) is 0 Å². The summed E-state index contributed by atoms with van der Waals surface area (Å²) < 4.78 is 0. The van der Waals surface area contributed by atoms with Crippen molar-refractivity contribution in [1.29, 1.82) is 0 Å². The Morgan fingerprint density at radius 1 is 0.444 bits per heavy atom. The summed E-state index contributed by atoms with van der Waals surface area (Å²) in [6, 6.07) is 0. The van der Waals surface area contributed by atoms with Gasteiger partial charge >= 0.3 is 0 Å². The number of allylic oxidation sites excluding steroid dienone is 4. The van der Waals surface area contributed by atoms with Crippen LogP contribution in [0.5, 0.6) is 0 Å². The molecule has 0 amide bonds. The van der Waals surface area contributed by atoms with Crippen LogP contribution in [0.25, 0.3) is 0 Å². The molecular formula is C18H38. The van der Waals surface area contributed by atoms with E-state index in [9.17, 15) is 0 Å². The van der Waals surface area contributed by atoms with E-state index in [1.807, 2.05) is 52.0 Å². The Kier molecular flexibility index (Phi) is 20.7. The third kappa shape index (κ3) is 17.9. The van der Waals surface area contributed by atoms with E-state index in [-0.39, 0.29) is 0 Å². The summed E-state index contributed by atoms with van der Waals surface area (Å²) in [5.74, 6) is 3.38. The molecule has 0 aliphatic carbocycles.